The number of hydrogen-bond acceptors (Lipinski definition) is 3. The number of nitrogens with one attached hydrogen (secondary N) is 1. The van der Waals surface area contributed by atoms with Crippen LogP contribution in [0.15, 0.2) is 24.3 Å². The van der Waals surface area contributed by atoms with Gasteiger partial charge in [-0.05, 0) is 31.5 Å². The predicted molar refractivity (Wildman–Crippen MR) is 70.7 cm³/mol. The van der Waals surface area contributed by atoms with Crippen LogP contribution in [0.3, 0.4) is 0 Å². The molecule has 1 aliphatic heterocycles. The molecule has 0 spiro atoms. The van der Waals surface area contributed by atoms with Crippen molar-refractivity contribution in [2.45, 2.75) is 25.8 Å². The van der Waals surface area contributed by atoms with E-state index in [1.165, 1.54) is 0 Å². The Balaban J connectivity index is 2.20. The van der Waals surface area contributed by atoms with Gasteiger partial charge in [0, 0.05) is 19.1 Å². The van der Waals surface area contributed by atoms with Crippen molar-refractivity contribution in [2.24, 2.45) is 0 Å². The lowest BCUT2D eigenvalue weighted by molar-refractivity contribution is 0.0689. The number of phenolic OH excluding ortho intramolecular Hbond substituents is 1. The number of carbonyl (C=O) groups is 1. The second kappa shape index (κ2) is 5.87. The van der Waals surface area contributed by atoms with E-state index in [1.54, 1.807) is 24.3 Å². The summed E-state index contributed by atoms with van der Waals surface area (Å²) in [6.45, 7) is 4.60. The molecule has 1 aromatic carbocycles. The topological polar surface area (TPSA) is 52.6 Å². The van der Waals surface area contributed by atoms with Gasteiger partial charge in [0.1, 0.15) is 5.75 Å². The molecule has 1 heterocycles. The standard InChI is InChI=1S/C14H20N2O2/c1-2-9-16(11-7-8-15-10-11)14(18)12-5-3-4-6-13(12)17/h3-6,11,15,17H,2,7-10H2,1H3. The molecule has 98 valence electrons. The second-order valence-corrected chi connectivity index (χ2v) is 4.66. The Bertz CT molecular complexity index is 414. The average Bonchev–Trinajstić information content (AvgIpc) is 2.89. The predicted octanol–water partition coefficient (Wildman–Crippen LogP) is 1.61. The molecule has 1 unspecified atom stereocenters. The summed E-state index contributed by atoms with van der Waals surface area (Å²) in [5.74, 6) is -0.00166. The number of benzene rings is 1. The molecule has 0 bridgehead atoms. The zero-order valence-corrected chi connectivity index (χ0v) is 10.7. The van der Waals surface area contributed by atoms with Crippen LogP contribution in [-0.2, 0) is 0 Å². The van der Waals surface area contributed by atoms with E-state index >= 15 is 0 Å². The van der Waals surface area contributed by atoms with Gasteiger partial charge in [-0.15, -0.1) is 0 Å². The van der Waals surface area contributed by atoms with Gasteiger partial charge in [0.15, 0.2) is 0 Å². The Hall–Kier alpha value is -1.55. The van der Waals surface area contributed by atoms with E-state index in [0.29, 0.717) is 5.56 Å². The average molecular weight is 248 g/mol. The van der Waals surface area contributed by atoms with Crippen LogP contribution < -0.4 is 5.32 Å². The zero-order valence-electron chi connectivity index (χ0n) is 10.7. The summed E-state index contributed by atoms with van der Waals surface area (Å²) in [6, 6.07) is 7.00. The lowest BCUT2D eigenvalue weighted by atomic mass is 10.1. The van der Waals surface area contributed by atoms with Gasteiger partial charge in [-0.2, -0.15) is 0 Å². The fraction of sp³-hybridized carbons (Fsp3) is 0.500. The Kier molecular flexibility index (Phi) is 4.20. The van der Waals surface area contributed by atoms with Crippen LogP contribution in [0.25, 0.3) is 0 Å². The number of aromatic hydroxyl groups is 1. The normalized spacial score (nSPS) is 18.8. The number of hydrogen-bond donors (Lipinski definition) is 2. The lowest BCUT2D eigenvalue weighted by Gasteiger charge is -2.28. The zero-order chi connectivity index (χ0) is 13.0. The van der Waals surface area contributed by atoms with Gasteiger partial charge < -0.3 is 15.3 Å². The van der Waals surface area contributed by atoms with Gasteiger partial charge in [-0.25, -0.2) is 0 Å². The summed E-state index contributed by atoms with van der Waals surface area (Å²) in [7, 11) is 0. The first-order chi connectivity index (χ1) is 8.74. The first kappa shape index (κ1) is 12.9. The molecule has 18 heavy (non-hydrogen) atoms. The highest BCUT2D eigenvalue weighted by Crippen LogP contribution is 2.20. The largest absolute Gasteiger partial charge is 0.507 e. The smallest absolute Gasteiger partial charge is 0.257 e. The molecule has 0 radical (unpaired) electrons. The van der Waals surface area contributed by atoms with Crippen molar-refractivity contribution in [2.75, 3.05) is 19.6 Å². The van der Waals surface area contributed by atoms with Crippen LogP contribution in [-0.4, -0.2) is 41.6 Å². The molecule has 1 aromatic rings. The third-order valence-corrected chi connectivity index (χ3v) is 3.33. The van der Waals surface area contributed by atoms with Gasteiger partial charge in [0.2, 0.25) is 0 Å². The van der Waals surface area contributed by atoms with E-state index in [2.05, 4.69) is 12.2 Å². The van der Waals surface area contributed by atoms with Crippen LogP contribution in [0.4, 0.5) is 0 Å². The van der Waals surface area contributed by atoms with Crippen LogP contribution in [0.2, 0.25) is 0 Å². The summed E-state index contributed by atoms with van der Waals surface area (Å²) < 4.78 is 0. The minimum absolute atomic E-state index is 0.0644. The number of amides is 1. The monoisotopic (exact) mass is 248 g/mol. The number of para-hydroxylation sites is 1. The number of rotatable bonds is 4. The fourth-order valence-electron chi connectivity index (χ4n) is 2.41. The molecular formula is C14H20N2O2. The Labute approximate surface area is 108 Å². The summed E-state index contributed by atoms with van der Waals surface area (Å²) >= 11 is 0. The van der Waals surface area contributed by atoms with Crippen molar-refractivity contribution >= 4 is 5.91 Å². The molecule has 1 saturated heterocycles. The van der Waals surface area contributed by atoms with Crippen LogP contribution in [0.1, 0.15) is 30.1 Å². The highest BCUT2D eigenvalue weighted by Gasteiger charge is 2.27. The summed E-state index contributed by atoms with van der Waals surface area (Å²) in [5, 5.41) is 13.1. The molecule has 0 saturated carbocycles. The van der Waals surface area contributed by atoms with Crippen LogP contribution in [0, 0.1) is 0 Å². The molecule has 1 fully saturated rings. The van der Waals surface area contributed by atoms with E-state index in [1.807, 2.05) is 4.90 Å². The van der Waals surface area contributed by atoms with Crippen molar-refractivity contribution in [3.63, 3.8) is 0 Å². The van der Waals surface area contributed by atoms with Crippen molar-refractivity contribution < 1.29 is 9.90 Å². The van der Waals surface area contributed by atoms with E-state index in [-0.39, 0.29) is 17.7 Å². The van der Waals surface area contributed by atoms with Crippen molar-refractivity contribution in [3.05, 3.63) is 29.8 Å². The molecule has 0 aliphatic carbocycles. The molecule has 1 atom stereocenters. The minimum atomic E-state index is -0.0661. The molecular weight excluding hydrogens is 228 g/mol. The molecule has 0 aromatic heterocycles. The highest BCUT2D eigenvalue weighted by atomic mass is 16.3. The van der Waals surface area contributed by atoms with Gasteiger partial charge >= 0.3 is 0 Å². The first-order valence-electron chi connectivity index (χ1n) is 6.53. The highest BCUT2D eigenvalue weighted by molar-refractivity contribution is 5.97. The molecule has 1 amide bonds. The number of carbonyl (C=O) groups excluding carboxylic acids is 1. The van der Waals surface area contributed by atoms with Gasteiger partial charge in [0.05, 0.1) is 5.56 Å². The third-order valence-electron chi connectivity index (χ3n) is 3.33. The third kappa shape index (κ3) is 2.64. The SMILES string of the molecule is CCCN(C(=O)c1ccccc1O)C1CCNC1. The maximum Gasteiger partial charge on any atom is 0.257 e. The van der Waals surface area contributed by atoms with Gasteiger partial charge in [-0.1, -0.05) is 19.1 Å². The summed E-state index contributed by atoms with van der Waals surface area (Å²) in [4.78, 5) is 14.4. The quantitative estimate of drug-likeness (QED) is 0.851. The Morgan fingerprint density at radius 3 is 2.89 bits per heavy atom. The molecule has 4 nitrogen and oxygen atoms in total. The minimum Gasteiger partial charge on any atom is -0.507 e. The van der Waals surface area contributed by atoms with E-state index in [9.17, 15) is 9.90 Å². The van der Waals surface area contributed by atoms with E-state index in [0.717, 1.165) is 32.5 Å². The van der Waals surface area contributed by atoms with E-state index in [4.69, 9.17) is 0 Å². The van der Waals surface area contributed by atoms with Gasteiger partial charge in [-0.3, -0.25) is 4.79 Å². The van der Waals surface area contributed by atoms with Gasteiger partial charge in [0.25, 0.3) is 5.91 Å². The summed E-state index contributed by atoms with van der Waals surface area (Å²) in [6.07, 6.45) is 1.91. The van der Waals surface area contributed by atoms with Crippen molar-refractivity contribution in [1.29, 1.82) is 0 Å². The van der Waals surface area contributed by atoms with Crippen molar-refractivity contribution in [3.8, 4) is 5.75 Å². The molecule has 2 rings (SSSR count). The second-order valence-electron chi connectivity index (χ2n) is 4.66. The maximum absolute atomic E-state index is 12.5. The van der Waals surface area contributed by atoms with Crippen molar-refractivity contribution in [1.82, 2.24) is 10.2 Å². The maximum atomic E-state index is 12.5. The molecule has 4 heteroatoms. The van der Waals surface area contributed by atoms with Crippen LogP contribution in [0.5, 0.6) is 5.75 Å². The number of phenols is 1. The Morgan fingerprint density at radius 2 is 2.28 bits per heavy atom. The Morgan fingerprint density at radius 1 is 1.50 bits per heavy atom. The first-order valence-corrected chi connectivity index (χ1v) is 6.53. The molecule has 2 N–H and O–H groups in total. The summed E-state index contributed by atoms with van der Waals surface area (Å²) in [5.41, 5.74) is 0.401. The molecule has 1 aliphatic rings. The fourth-order valence-corrected chi connectivity index (χ4v) is 2.41. The lowest BCUT2D eigenvalue weighted by Crippen LogP contribution is -2.42. The van der Waals surface area contributed by atoms with Crippen LogP contribution >= 0.6 is 0 Å². The van der Waals surface area contributed by atoms with E-state index < -0.39 is 0 Å². The number of nitrogens with zero attached hydrogens (tertiary/aromatic N) is 1.